The fourth-order valence-electron chi connectivity index (χ4n) is 4.17. The second-order valence-corrected chi connectivity index (χ2v) is 7.86. The number of carbonyl (C=O) groups excluding carboxylic acids is 1. The Bertz CT molecular complexity index is 865. The Hall–Kier alpha value is -2.44. The molecule has 2 aliphatic heterocycles. The highest BCUT2D eigenvalue weighted by Gasteiger charge is 2.24. The van der Waals surface area contributed by atoms with E-state index in [9.17, 15) is 9.18 Å². The molecule has 0 spiro atoms. The van der Waals surface area contributed by atoms with Crippen molar-refractivity contribution in [3.05, 3.63) is 65.0 Å². The molecule has 5 nitrogen and oxygen atoms in total. The average molecular weight is 397 g/mol. The van der Waals surface area contributed by atoms with Crippen LogP contribution in [-0.4, -0.2) is 67.0 Å². The fourth-order valence-corrected chi connectivity index (χ4v) is 4.17. The minimum atomic E-state index is -0.322. The van der Waals surface area contributed by atoms with E-state index in [1.165, 1.54) is 18.2 Å². The predicted molar refractivity (Wildman–Crippen MR) is 110 cm³/mol. The molecule has 2 aromatic rings. The van der Waals surface area contributed by atoms with Gasteiger partial charge in [-0.2, -0.15) is 0 Å². The number of hydrogen-bond donors (Lipinski definition) is 0. The zero-order valence-corrected chi connectivity index (χ0v) is 16.9. The van der Waals surface area contributed by atoms with Crippen LogP contribution in [0.15, 0.2) is 42.5 Å². The Morgan fingerprint density at radius 2 is 1.72 bits per heavy atom. The van der Waals surface area contributed by atoms with Gasteiger partial charge in [0.05, 0.1) is 13.7 Å². The maximum absolute atomic E-state index is 13.9. The van der Waals surface area contributed by atoms with E-state index in [-0.39, 0.29) is 17.5 Å². The van der Waals surface area contributed by atoms with Gasteiger partial charge in [-0.3, -0.25) is 14.6 Å². The first kappa shape index (κ1) is 19.9. The summed E-state index contributed by atoms with van der Waals surface area (Å²) in [5.74, 6) is 0.167. The average Bonchev–Trinajstić information content (AvgIpc) is 2.75. The third kappa shape index (κ3) is 4.77. The van der Waals surface area contributed by atoms with Crippen LogP contribution in [-0.2, 0) is 24.3 Å². The van der Waals surface area contributed by atoms with Gasteiger partial charge in [0, 0.05) is 45.8 Å². The van der Waals surface area contributed by atoms with Crippen molar-refractivity contribution >= 4 is 5.91 Å². The molecule has 0 unspecified atom stereocenters. The highest BCUT2D eigenvalue weighted by atomic mass is 19.1. The number of rotatable bonds is 5. The maximum Gasteiger partial charge on any atom is 0.237 e. The summed E-state index contributed by atoms with van der Waals surface area (Å²) in [6.45, 7) is 6.19. The summed E-state index contributed by atoms with van der Waals surface area (Å²) in [6.07, 6.45) is 0.939. The van der Waals surface area contributed by atoms with Crippen molar-refractivity contribution in [2.24, 2.45) is 0 Å². The number of halogens is 1. The molecule has 0 saturated carbocycles. The second-order valence-electron chi connectivity index (χ2n) is 7.86. The van der Waals surface area contributed by atoms with E-state index in [4.69, 9.17) is 4.74 Å². The maximum atomic E-state index is 13.9. The topological polar surface area (TPSA) is 36.0 Å². The number of methoxy groups -OCH3 is 1. The summed E-state index contributed by atoms with van der Waals surface area (Å²) < 4.78 is 18.9. The van der Waals surface area contributed by atoms with Gasteiger partial charge in [0.25, 0.3) is 0 Å². The van der Waals surface area contributed by atoms with E-state index in [0.717, 1.165) is 51.3 Å². The number of nitrogens with zero attached hydrogens (tertiary/aromatic N) is 3. The number of fused-ring (bicyclic) bond motifs is 1. The number of carbonyl (C=O) groups is 1. The lowest BCUT2D eigenvalue weighted by Gasteiger charge is -2.36. The quantitative estimate of drug-likeness (QED) is 0.777. The lowest BCUT2D eigenvalue weighted by molar-refractivity contribution is -0.133. The molecular weight excluding hydrogens is 369 g/mol. The Morgan fingerprint density at radius 3 is 2.45 bits per heavy atom. The molecular formula is C23H28FN3O2. The van der Waals surface area contributed by atoms with Crippen LogP contribution in [0.5, 0.6) is 5.75 Å². The van der Waals surface area contributed by atoms with Crippen molar-refractivity contribution in [1.82, 2.24) is 14.7 Å². The lowest BCUT2D eigenvalue weighted by atomic mass is 10.00. The van der Waals surface area contributed by atoms with Crippen LogP contribution >= 0.6 is 0 Å². The van der Waals surface area contributed by atoms with Crippen molar-refractivity contribution in [3.8, 4) is 5.75 Å². The minimum absolute atomic E-state index is 0.213. The van der Waals surface area contributed by atoms with Crippen molar-refractivity contribution in [2.75, 3.05) is 46.4 Å². The lowest BCUT2D eigenvalue weighted by Crippen LogP contribution is -2.50. The molecule has 0 aliphatic carbocycles. The van der Waals surface area contributed by atoms with Crippen LogP contribution in [0.4, 0.5) is 4.39 Å². The van der Waals surface area contributed by atoms with Gasteiger partial charge in [0.2, 0.25) is 5.91 Å². The van der Waals surface area contributed by atoms with E-state index in [2.05, 4.69) is 28.0 Å². The highest BCUT2D eigenvalue weighted by molar-refractivity contribution is 5.78. The summed E-state index contributed by atoms with van der Waals surface area (Å²) in [5, 5.41) is 0. The Kier molecular flexibility index (Phi) is 6.11. The molecule has 0 radical (unpaired) electrons. The third-order valence-corrected chi connectivity index (χ3v) is 5.93. The molecule has 0 atom stereocenters. The van der Waals surface area contributed by atoms with Crippen LogP contribution in [0, 0.1) is 5.82 Å². The predicted octanol–water partition coefficient (Wildman–Crippen LogP) is 2.54. The molecule has 1 fully saturated rings. The van der Waals surface area contributed by atoms with Crippen molar-refractivity contribution in [1.29, 1.82) is 0 Å². The molecule has 1 amide bonds. The first-order valence-corrected chi connectivity index (χ1v) is 10.2. The summed E-state index contributed by atoms with van der Waals surface area (Å²) in [6, 6.07) is 13.5. The zero-order valence-electron chi connectivity index (χ0n) is 16.9. The van der Waals surface area contributed by atoms with Gasteiger partial charge >= 0.3 is 0 Å². The first-order valence-electron chi connectivity index (χ1n) is 10.2. The fraction of sp³-hybridized carbons (Fsp3) is 0.435. The molecule has 29 heavy (non-hydrogen) atoms. The van der Waals surface area contributed by atoms with Gasteiger partial charge in [-0.05, 0) is 35.2 Å². The van der Waals surface area contributed by atoms with Gasteiger partial charge in [0.15, 0.2) is 11.6 Å². The summed E-state index contributed by atoms with van der Waals surface area (Å²) in [5.41, 5.74) is 3.57. The monoisotopic (exact) mass is 397 g/mol. The molecule has 4 rings (SSSR count). The largest absolute Gasteiger partial charge is 0.494 e. The second kappa shape index (κ2) is 8.93. The van der Waals surface area contributed by atoms with Crippen LogP contribution in [0.3, 0.4) is 0 Å². The molecule has 0 aromatic heterocycles. The number of amides is 1. The molecule has 154 valence electrons. The zero-order chi connectivity index (χ0) is 20.2. The number of benzene rings is 2. The van der Waals surface area contributed by atoms with E-state index in [0.29, 0.717) is 13.1 Å². The summed E-state index contributed by atoms with van der Waals surface area (Å²) >= 11 is 0. The van der Waals surface area contributed by atoms with Crippen molar-refractivity contribution < 1.29 is 13.9 Å². The van der Waals surface area contributed by atoms with Crippen molar-refractivity contribution in [3.63, 3.8) is 0 Å². The molecule has 0 N–H and O–H groups in total. The smallest absolute Gasteiger partial charge is 0.237 e. The van der Waals surface area contributed by atoms with E-state index in [1.54, 1.807) is 12.1 Å². The Labute approximate surface area is 171 Å². The molecule has 6 heteroatoms. The molecule has 2 aliphatic rings. The van der Waals surface area contributed by atoms with E-state index in [1.807, 2.05) is 17.0 Å². The minimum Gasteiger partial charge on any atom is -0.494 e. The number of ether oxygens (including phenoxy) is 1. The Morgan fingerprint density at radius 1 is 1.00 bits per heavy atom. The van der Waals surface area contributed by atoms with Crippen LogP contribution in [0.25, 0.3) is 0 Å². The molecule has 1 saturated heterocycles. The number of hydrogen-bond acceptors (Lipinski definition) is 4. The SMILES string of the molecule is COc1ccc(CN2CCN(CC(=O)N3CCc4ccccc4C3)CC2)cc1F. The first-order chi connectivity index (χ1) is 14.1. The van der Waals surface area contributed by atoms with Gasteiger partial charge in [-0.15, -0.1) is 0 Å². The molecule has 2 aromatic carbocycles. The standard InChI is InChI=1S/C23H28FN3O2/c1-29-22-7-6-18(14-21(22)24)15-25-10-12-26(13-11-25)17-23(28)27-9-8-19-4-2-3-5-20(19)16-27/h2-7,14H,8-13,15-17H2,1H3. The third-order valence-electron chi connectivity index (χ3n) is 5.93. The van der Waals surface area contributed by atoms with E-state index < -0.39 is 0 Å². The van der Waals surface area contributed by atoms with Gasteiger partial charge in [-0.1, -0.05) is 30.3 Å². The summed E-state index contributed by atoms with van der Waals surface area (Å²) in [4.78, 5) is 19.3. The van der Waals surface area contributed by atoms with E-state index >= 15 is 0 Å². The van der Waals surface area contributed by atoms with Gasteiger partial charge in [-0.25, -0.2) is 4.39 Å². The van der Waals surface area contributed by atoms with Gasteiger partial charge < -0.3 is 9.64 Å². The molecule has 0 bridgehead atoms. The normalized spacial score (nSPS) is 17.8. The Balaban J connectivity index is 1.25. The van der Waals surface area contributed by atoms with Crippen molar-refractivity contribution in [2.45, 2.75) is 19.5 Å². The number of piperazine rings is 1. The summed E-state index contributed by atoms with van der Waals surface area (Å²) in [7, 11) is 1.47. The highest BCUT2D eigenvalue weighted by Crippen LogP contribution is 2.20. The van der Waals surface area contributed by atoms with Crippen LogP contribution in [0.1, 0.15) is 16.7 Å². The van der Waals surface area contributed by atoms with Crippen LogP contribution in [0.2, 0.25) is 0 Å². The molecule has 2 heterocycles. The van der Waals surface area contributed by atoms with Crippen LogP contribution < -0.4 is 4.74 Å². The van der Waals surface area contributed by atoms with Gasteiger partial charge in [0.1, 0.15) is 0 Å².